The van der Waals surface area contributed by atoms with E-state index in [1.807, 2.05) is 27.7 Å². The van der Waals surface area contributed by atoms with E-state index < -0.39 is 78.4 Å². The van der Waals surface area contributed by atoms with Gasteiger partial charge in [-0.05, 0) is 63.3 Å². The summed E-state index contributed by atoms with van der Waals surface area (Å²) >= 11 is 0. The maximum absolute atomic E-state index is 13.9. The number of nitrogens with one attached hydrogen (secondary N) is 6. The molecule has 6 atom stereocenters. The highest BCUT2D eigenvalue weighted by molar-refractivity contribution is 5.96. The van der Waals surface area contributed by atoms with Crippen LogP contribution in [-0.4, -0.2) is 118 Å². The Morgan fingerprint density at radius 3 is 1.75 bits per heavy atom. The number of nitrogens with two attached hydrogens (primary N) is 4. The normalized spacial score (nSPS) is 14.6. The molecule has 16 N–H and O–H groups in total. The molecule has 0 bridgehead atoms. The number of aromatic amines is 1. The fourth-order valence-electron chi connectivity index (χ4n) is 5.23. The third kappa shape index (κ3) is 18.5. The molecule has 0 saturated heterocycles. The Bertz CT molecular complexity index is 1340. The monoisotopic (exact) mass is 752 g/mol. The first-order chi connectivity index (χ1) is 25.0. The van der Waals surface area contributed by atoms with Gasteiger partial charge < -0.3 is 64.7 Å². The lowest BCUT2D eigenvalue weighted by atomic mass is 10.00. The van der Waals surface area contributed by atoms with Crippen LogP contribution in [0.15, 0.2) is 17.5 Å². The van der Waals surface area contributed by atoms with Crippen LogP contribution in [0.2, 0.25) is 0 Å². The van der Waals surface area contributed by atoms with Gasteiger partial charge >= 0.3 is 5.97 Å². The van der Waals surface area contributed by atoms with Gasteiger partial charge in [-0.15, -0.1) is 0 Å². The van der Waals surface area contributed by atoms with E-state index in [0.717, 1.165) is 0 Å². The van der Waals surface area contributed by atoms with Crippen LogP contribution in [-0.2, 0) is 35.2 Å². The van der Waals surface area contributed by atoms with Crippen LogP contribution in [0.1, 0.15) is 78.3 Å². The van der Waals surface area contributed by atoms with Crippen molar-refractivity contribution in [3.8, 4) is 0 Å². The maximum atomic E-state index is 13.9. The molecule has 20 nitrogen and oxygen atoms in total. The minimum absolute atomic E-state index is 0.0211. The van der Waals surface area contributed by atoms with Gasteiger partial charge in [-0.2, -0.15) is 0 Å². The van der Waals surface area contributed by atoms with E-state index in [4.69, 9.17) is 22.9 Å². The molecule has 0 aliphatic heterocycles. The van der Waals surface area contributed by atoms with E-state index in [9.17, 15) is 39.0 Å². The summed E-state index contributed by atoms with van der Waals surface area (Å²) < 4.78 is 0. The van der Waals surface area contributed by atoms with E-state index in [1.165, 1.54) is 12.5 Å². The summed E-state index contributed by atoms with van der Waals surface area (Å²) in [4.78, 5) is 89.5. The number of imidazole rings is 1. The number of aliphatic imine (C=N–C) groups is 1. The summed E-state index contributed by atoms with van der Waals surface area (Å²) in [6.07, 6.45) is 4.58. The second-order valence-electron chi connectivity index (χ2n) is 13.7. The number of carbonyl (C=O) groups is 6. The second-order valence-corrected chi connectivity index (χ2v) is 13.7. The number of guanidine groups is 1. The number of aliphatic hydroxyl groups is 1. The first-order valence-corrected chi connectivity index (χ1v) is 17.8. The van der Waals surface area contributed by atoms with Crippen LogP contribution in [0.4, 0.5) is 0 Å². The van der Waals surface area contributed by atoms with Crippen LogP contribution in [0.3, 0.4) is 0 Å². The first kappa shape index (κ1) is 46.2. The summed E-state index contributed by atoms with van der Waals surface area (Å²) in [5.41, 5.74) is 23.1. The van der Waals surface area contributed by atoms with Crippen molar-refractivity contribution in [3.63, 3.8) is 0 Å². The molecule has 0 aromatic carbocycles. The van der Waals surface area contributed by atoms with Crippen molar-refractivity contribution in [2.24, 2.45) is 39.8 Å². The molecule has 0 saturated carbocycles. The van der Waals surface area contributed by atoms with Crippen LogP contribution in [0.5, 0.6) is 0 Å². The standard InChI is InChI=1S/C33H60N12O8/c1-18(2)12-21(35)27(47)43-24(13-19(3)4)30(50)42-23(9-7-11-39-33(36)37)28(48)41-22(8-5-6-10-34)29(49)44-25(14-20-15-38-17-40-20)31(51)45-26(16-46)32(52)53/h15,17-19,21-26,46H,5-14,16,34-35H2,1-4H3,(H,38,40)(H,41,48)(H,42,50)(H,43,47)(H,44,49)(H,45,51)(H,52,53)(H4,36,37,39)/t21-,22-,23-,24-,25-,26-/m0/s1. The lowest BCUT2D eigenvalue weighted by Crippen LogP contribution is -2.59. The number of carbonyl (C=O) groups excluding carboxylic acids is 5. The molecule has 0 unspecified atom stereocenters. The molecule has 20 heteroatoms. The number of unbranched alkanes of at least 4 members (excludes halogenated alkanes) is 1. The van der Waals surface area contributed by atoms with Crippen molar-refractivity contribution >= 4 is 41.5 Å². The van der Waals surface area contributed by atoms with Crippen molar-refractivity contribution in [2.45, 2.75) is 115 Å². The fourth-order valence-corrected chi connectivity index (χ4v) is 5.23. The fraction of sp³-hybridized carbons (Fsp3) is 0.697. The van der Waals surface area contributed by atoms with Crippen molar-refractivity contribution in [3.05, 3.63) is 18.2 Å². The minimum atomic E-state index is -1.64. The molecule has 0 fully saturated rings. The molecule has 5 amide bonds. The van der Waals surface area contributed by atoms with Gasteiger partial charge in [0, 0.05) is 24.9 Å². The van der Waals surface area contributed by atoms with Crippen LogP contribution >= 0.6 is 0 Å². The number of H-pyrrole nitrogens is 1. The lowest BCUT2D eigenvalue weighted by molar-refractivity contribution is -0.143. The van der Waals surface area contributed by atoms with Crippen molar-refractivity contribution in [1.29, 1.82) is 0 Å². The topological polar surface area (TPSA) is 348 Å². The lowest BCUT2D eigenvalue weighted by Gasteiger charge is -2.27. The summed E-state index contributed by atoms with van der Waals surface area (Å²) in [5, 5.41) is 31.6. The predicted molar refractivity (Wildman–Crippen MR) is 196 cm³/mol. The molecule has 0 aliphatic rings. The molecule has 0 aliphatic carbocycles. The third-order valence-electron chi connectivity index (χ3n) is 7.97. The number of aromatic nitrogens is 2. The quantitative estimate of drug-likeness (QED) is 0.0256. The predicted octanol–water partition coefficient (Wildman–Crippen LogP) is -2.94. The molecule has 1 heterocycles. The molecule has 1 aromatic heterocycles. The van der Waals surface area contributed by atoms with Gasteiger partial charge in [-0.3, -0.25) is 29.0 Å². The molecule has 53 heavy (non-hydrogen) atoms. The maximum Gasteiger partial charge on any atom is 0.328 e. The zero-order valence-corrected chi connectivity index (χ0v) is 31.1. The van der Waals surface area contributed by atoms with E-state index in [2.05, 4.69) is 41.5 Å². The second kappa shape index (κ2) is 24.4. The van der Waals surface area contributed by atoms with E-state index in [-0.39, 0.29) is 56.4 Å². The number of carboxylic acids is 1. The average molecular weight is 753 g/mol. The molecule has 1 aromatic rings. The first-order valence-electron chi connectivity index (χ1n) is 17.8. The Balaban J connectivity index is 3.36. The van der Waals surface area contributed by atoms with Crippen LogP contribution in [0.25, 0.3) is 0 Å². The molecule has 300 valence electrons. The number of nitrogens with zero attached hydrogens (tertiary/aromatic N) is 2. The summed E-state index contributed by atoms with van der Waals surface area (Å²) in [5.74, 6) is -5.09. The van der Waals surface area contributed by atoms with Crippen molar-refractivity contribution in [1.82, 2.24) is 36.6 Å². The van der Waals surface area contributed by atoms with Crippen LogP contribution < -0.4 is 49.5 Å². The number of carboxylic acid groups (broad SMARTS) is 1. The molecular formula is C33H60N12O8. The van der Waals surface area contributed by atoms with Crippen molar-refractivity contribution < 1.29 is 39.0 Å². The van der Waals surface area contributed by atoms with E-state index >= 15 is 0 Å². The zero-order chi connectivity index (χ0) is 40.1. The van der Waals surface area contributed by atoms with Gasteiger partial charge in [0.2, 0.25) is 29.5 Å². The number of hydrogen-bond acceptors (Lipinski definition) is 11. The Hall–Kier alpha value is -4.82. The smallest absolute Gasteiger partial charge is 0.328 e. The van der Waals surface area contributed by atoms with Crippen LogP contribution in [0, 0.1) is 11.8 Å². The van der Waals surface area contributed by atoms with Gasteiger partial charge in [-0.25, -0.2) is 9.78 Å². The van der Waals surface area contributed by atoms with E-state index in [0.29, 0.717) is 31.5 Å². The van der Waals surface area contributed by atoms with E-state index in [1.54, 1.807) is 0 Å². The largest absolute Gasteiger partial charge is 0.480 e. The number of aliphatic carboxylic acids is 1. The number of hydrogen-bond donors (Lipinski definition) is 12. The van der Waals surface area contributed by atoms with Gasteiger partial charge in [0.25, 0.3) is 0 Å². The minimum Gasteiger partial charge on any atom is -0.480 e. The number of aliphatic hydroxyl groups excluding tert-OH is 1. The molecule has 1 rings (SSSR count). The highest BCUT2D eigenvalue weighted by atomic mass is 16.4. The molecule has 0 radical (unpaired) electrons. The Morgan fingerprint density at radius 1 is 0.755 bits per heavy atom. The SMILES string of the molecule is CC(C)C[C@H](NC(=O)[C@@H](N)CC(C)C)C(=O)N[C@@H](CCCN=C(N)N)C(=O)N[C@@H](CCCCN)C(=O)N[C@@H](Cc1cnc[nH]1)C(=O)N[C@@H](CO)C(=O)O. The van der Waals surface area contributed by atoms with Gasteiger partial charge in [0.1, 0.15) is 30.2 Å². The zero-order valence-electron chi connectivity index (χ0n) is 31.1. The highest BCUT2D eigenvalue weighted by Gasteiger charge is 2.33. The average Bonchev–Trinajstić information content (AvgIpc) is 3.59. The number of rotatable bonds is 26. The van der Waals surface area contributed by atoms with Crippen molar-refractivity contribution in [2.75, 3.05) is 19.7 Å². The Labute approximate surface area is 309 Å². The van der Waals surface area contributed by atoms with Gasteiger partial charge in [0.15, 0.2) is 5.96 Å². The third-order valence-corrected chi connectivity index (χ3v) is 7.97. The summed E-state index contributed by atoms with van der Waals surface area (Å²) in [7, 11) is 0. The highest BCUT2D eigenvalue weighted by Crippen LogP contribution is 2.11. The Kier molecular flexibility index (Phi) is 21.3. The van der Waals surface area contributed by atoms with Gasteiger partial charge in [-0.1, -0.05) is 27.7 Å². The summed E-state index contributed by atoms with van der Waals surface area (Å²) in [6, 6.07) is -7.28. The summed E-state index contributed by atoms with van der Waals surface area (Å²) in [6.45, 7) is 7.12. The Morgan fingerprint density at radius 2 is 1.26 bits per heavy atom. The van der Waals surface area contributed by atoms with Gasteiger partial charge in [0.05, 0.1) is 19.0 Å². The molecule has 0 spiro atoms. The molecular weight excluding hydrogens is 692 g/mol. The number of amides is 5.